The standard InChI is InChI=1S/C26H29N3O4/c1-17-9-7-13-22(18(17)2)27-23(30)16-29(15-21-12-8-14-32-21)26(31)24-19(3)33-28-25(24)20-10-5-4-6-11-20/h4-7,9-11,13,21H,8,12,14-16H2,1-3H3,(H,27,30)/t21-/m1/s1. The van der Waals surface area contributed by atoms with Crippen LogP contribution in [0.3, 0.4) is 0 Å². The van der Waals surface area contributed by atoms with Crippen LogP contribution in [0.2, 0.25) is 0 Å². The number of amides is 2. The Morgan fingerprint density at radius 1 is 1.09 bits per heavy atom. The minimum atomic E-state index is -0.292. The van der Waals surface area contributed by atoms with Crippen molar-refractivity contribution in [2.45, 2.75) is 39.7 Å². The first kappa shape index (κ1) is 22.7. The van der Waals surface area contributed by atoms with Crippen molar-refractivity contribution >= 4 is 17.5 Å². The van der Waals surface area contributed by atoms with E-state index in [9.17, 15) is 9.59 Å². The number of aromatic nitrogens is 1. The quantitative estimate of drug-likeness (QED) is 0.575. The van der Waals surface area contributed by atoms with Crippen LogP contribution in [0.15, 0.2) is 53.1 Å². The van der Waals surface area contributed by atoms with Gasteiger partial charge in [-0.25, -0.2) is 0 Å². The third-order valence-electron chi connectivity index (χ3n) is 6.07. The highest BCUT2D eigenvalue weighted by molar-refractivity contribution is 6.03. The molecule has 1 aromatic heterocycles. The molecule has 0 aliphatic carbocycles. The van der Waals surface area contributed by atoms with Crippen molar-refractivity contribution in [3.05, 3.63) is 71.0 Å². The first-order valence-corrected chi connectivity index (χ1v) is 11.2. The summed E-state index contributed by atoms with van der Waals surface area (Å²) in [6.07, 6.45) is 1.71. The maximum absolute atomic E-state index is 13.7. The van der Waals surface area contributed by atoms with E-state index in [0.29, 0.717) is 30.2 Å². The molecule has 0 radical (unpaired) electrons. The maximum atomic E-state index is 13.7. The van der Waals surface area contributed by atoms with E-state index in [1.165, 1.54) is 0 Å². The Bertz CT molecular complexity index is 1130. The minimum absolute atomic E-state index is 0.0923. The summed E-state index contributed by atoms with van der Waals surface area (Å²) in [5.41, 5.74) is 4.48. The highest BCUT2D eigenvalue weighted by Gasteiger charge is 2.30. The SMILES string of the molecule is Cc1cccc(NC(=O)CN(C[C@H]2CCCO2)C(=O)c2c(-c3ccccc3)noc2C)c1C. The van der Waals surface area contributed by atoms with Crippen LogP contribution in [0.25, 0.3) is 11.3 Å². The number of carbonyl (C=O) groups is 2. The van der Waals surface area contributed by atoms with E-state index in [1.807, 2.05) is 62.4 Å². The topological polar surface area (TPSA) is 84.7 Å². The monoisotopic (exact) mass is 447 g/mol. The van der Waals surface area contributed by atoms with Gasteiger partial charge in [0.05, 0.1) is 6.10 Å². The highest BCUT2D eigenvalue weighted by atomic mass is 16.5. The van der Waals surface area contributed by atoms with E-state index in [1.54, 1.807) is 11.8 Å². The Morgan fingerprint density at radius 2 is 1.88 bits per heavy atom. The number of anilines is 1. The van der Waals surface area contributed by atoms with Crippen molar-refractivity contribution < 1.29 is 18.8 Å². The molecular weight excluding hydrogens is 418 g/mol. The Balaban J connectivity index is 1.59. The van der Waals surface area contributed by atoms with E-state index in [-0.39, 0.29) is 24.5 Å². The van der Waals surface area contributed by atoms with Gasteiger partial charge in [0.2, 0.25) is 5.91 Å². The molecule has 0 bridgehead atoms. The predicted octanol–water partition coefficient (Wildman–Crippen LogP) is 4.53. The lowest BCUT2D eigenvalue weighted by Gasteiger charge is -2.25. The predicted molar refractivity (Wildman–Crippen MR) is 126 cm³/mol. The maximum Gasteiger partial charge on any atom is 0.260 e. The average Bonchev–Trinajstić information content (AvgIpc) is 3.46. The van der Waals surface area contributed by atoms with E-state index >= 15 is 0 Å². The number of nitrogens with zero attached hydrogens (tertiary/aromatic N) is 2. The Labute approximate surface area is 193 Å². The van der Waals surface area contributed by atoms with Gasteiger partial charge in [0, 0.05) is 24.4 Å². The summed E-state index contributed by atoms with van der Waals surface area (Å²) in [5.74, 6) is -0.129. The fraction of sp³-hybridized carbons (Fsp3) is 0.346. The largest absolute Gasteiger partial charge is 0.376 e. The van der Waals surface area contributed by atoms with Crippen LogP contribution in [0.5, 0.6) is 0 Å². The lowest BCUT2D eigenvalue weighted by molar-refractivity contribution is -0.117. The molecule has 2 amide bonds. The lowest BCUT2D eigenvalue weighted by Crippen LogP contribution is -2.42. The zero-order valence-electron chi connectivity index (χ0n) is 19.3. The molecule has 4 rings (SSSR count). The van der Waals surface area contributed by atoms with Crippen LogP contribution in [0.1, 0.15) is 40.1 Å². The molecule has 0 spiro atoms. The molecule has 7 heteroatoms. The van der Waals surface area contributed by atoms with Gasteiger partial charge in [-0.05, 0) is 50.8 Å². The molecule has 1 N–H and O–H groups in total. The molecule has 1 saturated heterocycles. The number of benzene rings is 2. The van der Waals surface area contributed by atoms with Crippen molar-refractivity contribution in [2.24, 2.45) is 0 Å². The summed E-state index contributed by atoms with van der Waals surface area (Å²) < 4.78 is 11.2. The number of aryl methyl sites for hydroxylation is 2. The van der Waals surface area contributed by atoms with Crippen molar-refractivity contribution in [2.75, 3.05) is 25.0 Å². The molecular formula is C26H29N3O4. The van der Waals surface area contributed by atoms with Gasteiger partial charge in [0.1, 0.15) is 23.6 Å². The molecule has 33 heavy (non-hydrogen) atoms. The van der Waals surface area contributed by atoms with E-state index < -0.39 is 0 Å². The second kappa shape index (κ2) is 10.0. The van der Waals surface area contributed by atoms with Crippen LogP contribution in [-0.2, 0) is 9.53 Å². The van der Waals surface area contributed by atoms with Gasteiger partial charge in [-0.2, -0.15) is 0 Å². The smallest absolute Gasteiger partial charge is 0.260 e. The molecule has 1 atom stereocenters. The Morgan fingerprint density at radius 3 is 2.61 bits per heavy atom. The van der Waals surface area contributed by atoms with Gasteiger partial charge >= 0.3 is 0 Å². The molecule has 0 unspecified atom stereocenters. The summed E-state index contributed by atoms with van der Waals surface area (Å²) in [5, 5.41) is 7.09. The van der Waals surface area contributed by atoms with Crippen molar-refractivity contribution in [3.63, 3.8) is 0 Å². The first-order chi connectivity index (χ1) is 15.9. The van der Waals surface area contributed by atoms with Crippen LogP contribution in [0.4, 0.5) is 5.69 Å². The second-order valence-electron chi connectivity index (χ2n) is 8.44. The summed E-state index contributed by atoms with van der Waals surface area (Å²) >= 11 is 0. The normalized spacial score (nSPS) is 15.4. The van der Waals surface area contributed by atoms with E-state index in [2.05, 4.69) is 10.5 Å². The summed E-state index contributed by atoms with van der Waals surface area (Å²) in [6, 6.07) is 15.2. The summed E-state index contributed by atoms with van der Waals surface area (Å²) in [6.45, 7) is 6.59. The highest BCUT2D eigenvalue weighted by Crippen LogP contribution is 2.27. The second-order valence-corrected chi connectivity index (χ2v) is 8.44. The third kappa shape index (κ3) is 5.14. The van der Waals surface area contributed by atoms with Crippen LogP contribution < -0.4 is 5.32 Å². The molecule has 1 fully saturated rings. The number of nitrogens with one attached hydrogen (secondary N) is 1. The van der Waals surface area contributed by atoms with Gasteiger partial charge in [-0.15, -0.1) is 0 Å². The number of hydrogen-bond donors (Lipinski definition) is 1. The molecule has 1 aliphatic heterocycles. The molecule has 3 aromatic rings. The zero-order chi connectivity index (χ0) is 23.4. The number of rotatable bonds is 7. The fourth-order valence-electron chi connectivity index (χ4n) is 4.08. The number of ether oxygens (including phenoxy) is 1. The molecule has 2 aromatic carbocycles. The number of hydrogen-bond acceptors (Lipinski definition) is 5. The van der Waals surface area contributed by atoms with Crippen molar-refractivity contribution in [1.82, 2.24) is 10.1 Å². The zero-order valence-corrected chi connectivity index (χ0v) is 19.3. The Kier molecular flexibility index (Phi) is 6.89. The van der Waals surface area contributed by atoms with Gasteiger partial charge < -0.3 is 19.5 Å². The van der Waals surface area contributed by atoms with Crippen molar-refractivity contribution in [3.8, 4) is 11.3 Å². The van der Waals surface area contributed by atoms with E-state index in [4.69, 9.17) is 9.26 Å². The molecule has 7 nitrogen and oxygen atoms in total. The third-order valence-corrected chi connectivity index (χ3v) is 6.07. The van der Waals surface area contributed by atoms with Crippen LogP contribution >= 0.6 is 0 Å². The molecule has 0 saturated carbocycles. The molecule has 172 valence electrons. The number of carbonyl (C=O) groups excluding carboxylic acids is 2. The van der Waals surface area contributed by atoms with Crippen LogP contribution in [0, 0.1) is 20.8 Å². The van der Waals surface area contributed by atoms with Gasteiger partial charge in [0.15, 0.2) is 0 Å². The van der Waals surface area contributed by atoms with Gasteiger partial charge in [-0.3, -0.25) is 9.59 Å². The van der Waals surface area contributed by atoms with E-state index in [0.717, 1.165) is 35.2 Å². The minimum Gasteiger partial charge on any atom is -0.376 e. The fourth-order valence-corrected chi connectivity index (χ4v) is 4.08. The van der Waals surface area contributed by atoms with Crippen LogP contribution in [-0.4, -0.2) is 47.7 Å². The van der Waals surface area contributed by atoms with Gasteiger partial charge in [0.25, 0.3) is 5.91 Å². The lowest BCUT2D eigenvalue weighted by atomic mass is 10.0. The first-order valence-electron chi connectivity index (χ1n) is 11.2. The average molecular weight is 448 g/mol. The summed E-state index contributed by atoms with van der Waals surface area (Å²) in [7, 11) is 0. The van der Waals surface area contributed by atoms with Gasteiger partial charge in [-0.1, -0.05) is 47.6 Å². The Hall–Kier alpha value is -3.45. The molecule has 2 heterocycles. The van der Waals surface area contributed by atoms with Crippen molar-refractivity contribution in [1.29, 1.82) is 0 Å². The summed E-state index contributed by atoms with van der Waals surface area (Å²) in [4.78, 5) is 28.2. The molecule has 1 aliphatic rings.